The topological polar surface area (TPSA) is 12.5 Å². The molecule has 2 heterocycles. The van der Waals surface area contributed by atoms with Crippen molar-refractivity contribution in [3.8, 4) is 44.9 Å². The molecule has 81 heavy (non-hydrogen) atoms. The summed E-state index contributed by atoms with van der Waals surface area (Å²) in [5, 5.41) is 2.56. The Hall–Kier alpha value is -7.98. The summed E-state index contributed by atoms with van der Waals surface area (Å²) in [4.78, 5) is 2.65. The molecule has 10 aromatic carbocycles. The van der Waals surface area contributed by atoms with Gasteiger partial charge >= 0.3 is 0 Å². The van der Waals surface area contributed by atoms with Crippen molar-refractivity contribution in [2.45, 2.75) is 116 Å². The molecule has 15 rings (SSSR count). The van der Waals surface area contributed by atoms with Gasteiger partial charge < -0.3 is 9.64 Å². The number of benzene rings is 10. The highest BCUT2D eigenvalue weighted by atomic mass is 32.1. The number of hydrogen-bond acceptors (Lipinski definition) is 3. The minimum Gasteiger partial charge on any atom is -0.457 e. The van der Waals surface area contributed by atoms with Crippen molar-refractivity contribution in [1.29, 1.82) is 0 Å². The molecule has 2 nitrogen and oxygen atoms in total. The molecule has 4 aliphatic rings. The fraction of sp³-hybridized carbons (Fsp3) is 0.231. The second-order valence-electron chi connectivity index (χ2n) is 27.7. The number of nitrogens with zero attached hydrogens (tertiary/aromatic N) is 1. The third-order valence-corrected chi connectivity index (χ3v) is 20.0. The van der Waals surface area contributed by atoms with Gasteiger partial charge in [0, 0.05) is 37.9 Å². The third-order valence-electron chi connectivity index (χ3n) is 18.8. The lowest BCUT2D eigenvalue weighted by Crippen LogP contribution is -2.33. The minimum absolute atomic E-state index is 0.0560. The van der Waals surface area contributed by atoms with Crippen molar-refractivity contribution in [3.63, 3.8) is 0 Å². The maximum atomic E-state index is 7.13. The summed E-state index contributed by atoms with van der Waals surface area (Å²) in [5.74, 6) is 1.81. The van der Waals surface area contributed by atoms with E-state index in [2.05, 4.69) is 288 Å². The van der Waals surface area contributed by atoms with Gasteiger partial charge in [0.2, 0.25) is 0 Å². The lowest BCUT2D eigenvalue weighted by Gasteiger charge is -2.41. The predicted octanol–water partition coefficient (Wildman–Crippen LogP) is 21.5. The van der Waals surface area contributed by atoms with E-state index in [9.17, 15) is 0 Å². The van der Waals surface area contributed by atoms with Crippen molar-refractivity contribution in [2.24, 2.45) is 0 Å². The molecule has 0 saturated heterocycles. The standard InChI is InChI=1S/C78H69NOS/c1-73(2,3)46-31-36-52-53-37-32-47(74(4,5)6)42-62(53)78(61(52)41-46)58-25-16-13-21-51(58)54-38-35-50(45-63(54)78)79(67-29-19-24-56-55-22-15-18-30-70(55)81-72(56)67)66-28-20-27-60-71(66)57-23-14-17-26-59(57)77(60)64-43-48(75(7,8)9)33-39-68(64)80-69-40-34-49(44-65(69)77)76(10,11)12/h13-45H,1-12H3. The fourth-order valence-corrected chi connectivity index (χ4v) is 15.9. The van der Waals surface area contributed by atoms with Crippen LogP contribution >= 0.6 is 11.3 Å². The van der Waals surface area contributed by atoms with Gasteiger partial charge in [0.15, 0.2) is 0 Å². The second-order valence-corrected chi connectivity index (χ2v) is 28.7. The third kappa shape index (κ3) is 6.91. The van der Waals surface area contributed by atoms with Gasteiger partial charge in [-0.1, -0.05) is 229 Å². The Morgan fingerprint density at radius 2 is 0.753 bits per heavy atom. The van der Waals surface area contributed by atoms with E-state index in [0.29, 0.717) is 0 Å². The van der Waals surface area contributed by atoms with E-state index in [1.54, 1.807) is 0 Å². The van der Waals surface area contributed by atoms with Gasteiger partial charge in [0.05, 0.1) is 26.9 Å². The first-order valence-corrected chi connectivity index (χ1v) is 30.0. The Morgan fingerprint density at radius 1 is 0.333 bits per heavy atom. The van der Waals surface area contributed by atoms with Crippen molar-refractivity contribution in [3.05, 3.63) is 267 Å². The van der Waals surface area contributed by atoms with Gasteiger partial charge in [-0.15, -0.1) is 11.3 Å². The summed E-state index contributed by atoms with van der Waals surface area (Å²) in [7, 11) is 0. The Kier molecular flexibility index (Phi) is 10.4. The van der Waals surface area contributed by atoms with Crippen LogP contribution in [0.4, 0.5) is 17.1 Å². The van der Waals surface area contributed by atoms with Crippen LogP contribution in [-0.4, -0.2) is 0 Å². The van der Waals surface area contributed by atoms with Crippen molar-refractivity contribution < 1.29 is 4.74 Å². The number of thiophene rings is 1. The first-order chi connectivity index (χ1) is 38.7. The van der Waals surface area contributed by atoms with Crippen LogP contribution in [0.25, 0.3) is 53.6 Å². The Labute approximate surface area is 482 Å². The molecule has 1 aliphatic heterocycles. The average molecular weight is 1070 g/mol. The van der Waals surface area contributed by atoms with Gasteiger partial charge in [-0.05, 0) is 160 Å². The number of fused-ring (bicyclic) bond motifs is 22. The van der Waals surface area contributed by atoms with Crippen molar-refractivity contribution >= 4 is 48.6 Å². The average Bonchev–Trinajstić information content (AvgIpc) is 4.37. The summed E-state index contributed by atoms with van der Waals surface area (Å²) in [6.45, 7) is 28.1. The summed E-state index contributed by atoms with van der Waals surface area (Å²) < 4.78 is 9.68. The van der Waals surface area contributed by atoms with Gasteiger partial charge in [0.1, 0.15) is 11.5 Å². The smallest absolute Gasteiger partial charge is 0.132 e. The van der Waals surface area contributed by atoms with Crippen LogP contribution in [0.3, 0.4) is 0 Å². The zero-order chi connectivity index (χ0) is 55.9. The zero-order valence-corrected chi connectivity index (χ0v) is 49.6. The summed E-state index contributed by atoms with van der Waals surface area (Å²) in [5.41, 5.74) is 25.2. The van der Waals surface area contributed by atoms with E-state index in [4.69, 9.17) is 4.74 Å². The molecule has 0 saturated carbocycles. The van der Waals surface area contributed by atoms with E-state index >= 15 is 0 Å². The monoisotopic (exact) mass is 1070 g/mol. The maximum absolute atomic E-state index is 7.13. The van der Waals surface area contributed by atoms with Gasteiger partial charge in [-0.3, -0.25) is 0 Å². The van der Waals surface area contributed by atoms with Crippen molar-refractivity contribution in [2.75, 3.05) is 4.90 Å². The summed E-state index contributed by atoms with van der Waals surface area (Å²) in [6.07, 6.45) is 0. The Morgan fingerprint density at radius 3 is 1.35 bits per heavy atom. The molecule has 3 heteroatoms. The molecule has 11 aromatic rings. The van der Waals surface area contributed by atoms with Crippen molar-refractivity contribution in [1.82, 2.24) is 0 Å². The molecular formula is C78H69NOS. The zero-order valence-electron chi connectivity index (χ0n) is 48.8. The molecule has 0 atom stereocenters. The van der Waals surface area contributed by atoms with E-state index in [1.807, 2.05) is 11.3 Å². The van der Waals surface area contributed by atoms with Gasteiger partial charge in [-0.25, -0.2) is 0 Å². The molecule has 0 bridgehead atoms. The highest BCUT2D eigenvalue weighted by molar-refractivity contribution is 7.26. The molecule has 398 valence electrons. The van der Waals surface area contributed by atoms with E-state index in [-0.39, 0.29) is 21.7 Å². The Bertz CT molecular complexity index is 4370. The highest BCUT2D eigenvalue weighted by Crippen LogP contribution is 2.67. The minimum atomic E-state index is -0.695. The first-order valence-electron chi connectivity index (χ1n) is 29.1. The predicted molar refractivity (Wildman–Crippen MR) is 342 cm³/mol. The molecule has 0 amide bonds. The normalized spacial score (nSPS) is 15.0. The van der Waals surface area contributed by atoms with E-state index in [1.165, 1.54) is 126 Å². The quantitative estimate of drug-likeness (QED) is 0.175. The molecule has 3 aliphatic carbocycles. The van der Waals surface area contributed by atoms with E-state index in [0.717, 1.165) is 22.9 Å². The molecule has 0 unspecified atom stereocenters. The molecular weight excluding hydrogens is 999 g/mol. The van der Waals surface area contributed by atoms with Gasteiger partial charge in [-0.2, -0.15) is 0 Å². The molecule has 0 N–H and O–H groups in total. The number of rotatable bonds is 3. The van der Waals surface area contributed by atoms with Crippen LogP contribution in [0.15, 0.2) is 200 Å². The lowest BCUT2D eigenvalue weighted by molar-refractivity contribution is 0.433. The molecule has 0 radical (unpaired) electrons. The summed E-state index contributed by atoms with van der Waals surface area (Å²) >= 11 is 1.90. The van der Waals surface area contributed by atoms with Crippen LogP contribution in [-0.2, 0) is 32.5 Å². The number of ether oxygens (including phenoxy) is 1. The molecule has 0 fully saturated rings. The number of hydrogen-bond donors (Lipinski definition) is 0. The molecule has 2 spiro atoms. The highest BCUT2D eigenvalue weighted by Gasteiger charge is 2.55. The van der Waals surface area contributed by atoms with Crippen LogP contribution in [0.1, 0.15) is 150 Å². The maximum Gasteiger partial charge on any atom is 0.132 e. The van der Waals surface area contributed by atoms with Crippen LogP contribution in [0.2, 0.25) is 0 Å². The van der Waals surface area contributed by atoms with Crippen LogP contribution in [0, 0.1) is 0 Å². The fourth-order valence-electron chi connectivity index (χ4n) is 14.7. The first kappa shape index (κ1) is 50.0. The summed E-state index contributed by atoms with van der Waals surface area (Å²) in [6, 6.07) is 78.0. The Balaban J connectivity index is 1.07. The van der Waals surface area contributed by atoms with Crippen LogP contribution < -0.4 is 9.64 Å². The van der Waals surface area contributed by atoms with Gasteiger partial charge in [0.25, 0.3) is 0 Å². The lowest BCUT2D eigenvalue weighted by atomic mass is 9.64. The second kappa shape index (κ2) is 16.8. The van der Waals surface area contributed by atoms with E-state index < -0.39 is 10.8 Å². The van der Waals surface area contributed by atoms with Crippen LogP contribution in [0.5, 0.6) is 11.5 Å². The largest absolute Gasteiger partial charge is 0.457 e. The SMILES string of the molecule is CC(C)(C)c1ccc2c(c1)C1(c3cc(C(C)(C)C)ccc3O2)c2ccccc2-c2c(N(c3ccc4c(c3)C3(c5ccccc5-4)c4cc(C(C)(C)C)ccc4-c4ccc(C(C)(C)C)cc43)c3cccc4c3sc3ccccc34)cccc21. The molecule has 1 aromatic heterocycles. The number of anilines is 3.